The first-order chi connectivity index (χ1) is 12.3. The monoisotopic (exact) mass is 341 g/mol. The molecule has 1 aromatic carbocycles. The fraction of sp³-hybridized carbons (Fsp3) is 0.500. The Bertz CT molecular complexity index is 618. The van der Waals surface area contributed by atoms with Crippen molar-refractivity contribution in [3.63, 3.8) is 0 Å². The number of nitrogens with two attached hydrogens (primary N) is 1. The van der Waals surface area contributed by atoms with Gasteiger partial charge in [-0.15, -0.1) is 0 Å². The first kappa shape index (κ1) is 19.0. The number of imidazole rings is 1. The summed E-state index contributed by atoms with van der Waals surface area (Å²) in [5.74, 6) is 1.47. The Hall–Kier alpha value is -2.30. The van der Waals surface area contributed by atoms with Crippen LogP contribution in [-0.2, 0) is 19.5 Å². The minimum atomic E-state index is 0.510. The van der Waals surface area contributed by atoms with E-state index in [1.807, 2.05) is 12.4 Å². The van der Waals surface area contributed by atoms with Crippen molar-refractivity contribution in [3.05, 3.63) is 54.1 Å². The zero-order valence-electron chi connectivity index (χ0n) is 15.3. The molecule has 3 N–H and O–H groups in total. The fourth-order valence-electron chi connectivity index (χ4n) is 2.77. The van der Waals surface area contributed by atoms with E-state index in [4.69, 9.17) is 5.73 Å². The van der Waals surface area contributed by atoms with Gasteiger partial charge in [-0.1, -0.05) is 56.5 Å². The third-order valence-electron chi connectivity index (χ3n) is 4.24. The summed E-state index contributed by atoms with van der Waals surface area (Å²) in [5, 5.41) is 3.18. The van der Waals surface area contributed by atoms with Crippen LogP contribution in [0.4, 0.5) is 0 Å². The topological polar surface area (TPSA) is 68.2 Å². The molecule has 0 saturated carbocycles. The Morgan fingerprint density at radius 3 is 2.80 bits per heavy atom. The third kappa shape index (κ3) is 7.42. The van der Waals surface area contributed by atoms with Gasteiger partial charge in [0.2, 0.25) is 0 Å². The normalized spacial score (nSPS) is 11.6. The Balaban J connectivity index is 1.72. The number of aliphatic imine (C=N–C) groups is 1. The van der Waals surface area contributed by atoms with Gasteiger partial charge >= 0.3 is 0 Å². The number of aromatic nitrogens is 2. The van der Waals surface area contributed by atoms with Gasteiger partial charge in [0.05, 0.1) is 0 Å². The molecule has 0 atom stereocenters. The zero-order valence-corrected chi connectivity index (χ0v) is 15.3. The lowest BCUT2D eigenvalue weighted by Crippen LogP contribution is -2.32. The van der Waals surface area contributed by atoms with E-state index in [9.17, 15) is 0 Å². The van der Waals surface area contributed by atoms with E-state index >= 15 is 0 Å². The number of nitrogens with one attached hydrogen (secondary N) is 1. The van der Waals surface area contributed by atoms with Crippen molar-refractivity contribution in [3.8, 4) is 0 Å². The minimum Gasteiger partial charge on any atom is -0.370 e. The van der Waals surface area contributed by atoms with Crippen LogP contribution in [0.1, 0.15) is 50.4 Å². The highest BCUT2D eigenvalue weighted by Crippen LogP contribution is 2.06. The summed E-state index contributed by atoms with van der Waals surface area (Å²) in [6.45, 7) is 4.57. The molecule has 0 bridgehead atoms. The van der Waals surface area contributed by atoms with Crippen molar-refractivity contribution in [1.29, 1.82) is 0 Å². The number of nitrogens with zero attached hydrogens (tertiary/aromatic N) is 3. The number of aryl methyl sites for hydroxylation is 2. The highest BCUT2D eigenvalue weighted by Gasteiger charge is 2.02. The van der Waals surface area contributed by atoms with E-state index < -0.39 is 0 Å². The summed E-state index contributed by atoms with van der Waals surface area (Å²) < 4.78 is 2.17. The molecule has 0 spiro atoms. The van der Waals surface area contributed by atoms with E-state index in [1.165, 1.54) is 24.8 Å². The molecule has 0 radical (unpaired) electrons. The Kier molecular flexibility index (Phi) is 8.59. The lowest BCUT2D eigenvalue weighted by atomic mass is 10.1. The van der Waals surface area contributed by atoms with Crippen LogP contribution in [0.2, 0.25) is 0 Å². The van der Waals surface area contributed by atoms with Crippen LogP contribution >= 0.6 is 0 Å². The van der Waals surface area contributed by atoms with Crippen molar-refractivity contribution in [2.45, 2.75) is 58.5 Å². The van der Waals surface area contributed by atoms with Crippen LogP contribution in [0.15, 0.2) is 47.7 Å². The number of hydrogen-bond donors (Lipinski definition) is 2. The van der Waals surface area contributed by atoms with Crippen LogP contribution < -0.4 is 11.1 Å². The second-order valence-corrected chi connectivity index (χ2v) is 6.31. The number of guanidine groups is 1. The van der Waals surface area contributed by atoms with Crippen LogP contribution in [0.5, 0.6) is 0 Å². The second-order valence-electron chi connectivity index (χ2n) is 6.31. The second kappa shape index (κ2) is 11.3. The van der Waals surface area contributed by atoms with Crippen LogP contribution in [0.3, 0.4) is 0 Å². The Morgan fingerprint density at radius 1 is 1.16 bits per heavy atom. The van der Waals surface area contributed by atoms with Crippen molar-refractivity contribution in [2.75, 3.05) is 6.54 Å². The maximum absolute atomic E-state index is 5.93. The lowest BCUT2D eigenvalue weighted by molar-refractivity contribution is 0.610. The van der Waals surface area contributed by atoms with Crippen LogP contribution in [0.25, 0.3) is 0 Å². The van der Waals surface area contributed by atoms with Gasteiger partial charge in [0, 0.05) is 25.5 Å². The van der Waals surface area contributed by atoms with Crippen LogP contribution in [-0.4, -0.2) is 22.1 Å². The number of unbranched alkanes of at least 4 members (excludes halogenated alkanes) is 3. The quantitative estimate of drug-likeness (QED) is 0.373. The molecule has 136 valence electrons. The van der Waals surface area contributed by atoms with Crippen molar-refractivity contribution >= 4 is 5.96 Å². The summed E-state index contributed by atoms with van der Waals surface area (Å²) in [6.07, 6.45) is 10.9. The molecule has 25 heavy (non-hydrogen) atoms. The zero-order chi connectivity index (χ0) is 17.7. The van der Waals surface area contributed by atoms with Gasteiger partial charge in [-0.2, -0.15) is 0 Å². The molecule has 5 nitrogen and oxygen atoms in total. The molecular weight excluding hydrogens is 310 g/mol. The number of rotatable bonds is 11. The summed E-state index contributed by atoms with van der Waals surface area (Å²) in [5.41, 5.74) is 7.31. The molecule has 0 saturated heterocycles. The Morgan fingerprint density at radius 2 is 2.00 bits per heavy atom. The van der Waals surface area contributed by atoms with Crippen LogP contribution in [0, 0.1) is 0 Å². The van der Waals surface area contributed by atoms with Crippen molar-refractivity contribution < 1.29 is 0 Å². The first-order valence-electron chi connectivity index (χ1n) is 9.37. The predicted molar refractivity (Wildman–Crippen MR) is 104 cm³/mol. The van der Waals surface area contributed by atoms with Gasteiger partial charge in [0.25, 0.3) is 0 Å². The average molecular weight is 342 g/mol. The van der Waals surface area contributed by atoms with E-state index in [-0.39, 0.29) is 0 Å². The maximum atomic E-state index is 5.93. The first-order valence-corrected chi connectivity index (χ1v) is 9.37. The average Bonchev–Trinajstić information content (AvgIpc) is 3.08. The van der Waals surface area contributed by atoms with E-state index in [1.54, 1.807) is 0 Å². The van der Waals surface area contributed by atoms with Crippen molar-refractivity contribution in [2.24, 2.45) is 10.7 Å². The minimum absolute atomic E-state index is 0.510. The van der Waals surface area contributed by atoms with E-state index in [0.717, 1.165) is 38.2 Å². The third-order valence-corrected chi connectivity index (χ3v) is 4.24. The van der Waals surface area contributed by atoms with Crippen molar-refractivity contribution in [1.82, 2.24) is 14.9 Å². The smallest absolute Gasteiger partial charge is 0.189 e. The largest absolute Gasteiger partial charge is 0.370 e. The molecule has 2 aromatic rings. The summed E-state index contributed by atoms with van der Waals surface area (Å²) in [7, 11) is 0. The molecule has 0 unspecified atom stereocenters. The SMILES string of the molecule is CCCCCCNC(N)=NCc1nccn1CCCc1ccccc1. The number of hydrogen-bond acceptors (Lipinski definition) is 2. The lowest BCUT2D eigenvalue weighted by Gasteiger charge is -2.08. The van der Waals surface area contributed by atoms with Gasteiger partial charge in [-0.3, -0.25) is 0 Å². The van der Waals surface area contributed by atoms with Gasteiger partial charge in [0.1, 0.15) is 12.4 Å². The molecular formula is C20H31N5. The van der Waals surface area contributed by atoms with Gasteiger partial charge < -0.3 is 15.6 Å². The van der Waals surface area contributed by atoms with Gasteiger partial charge in [-0.25, -0.2) is 9.98 Å². The highest BCUT2D eigenvalue weighted by atomic mass is 15.1. The molecule has 2 rings (SSSR count). The maximum Gasteiger partial charge on any atom is 0.189 e. The summed E-state index contributed by atoms with van der Waals surface area (Å²) in [6, 6.07) is 10.6. The highest BCUT2D eigenvalue weighted by molar-refractivity contribution is 5.77. The molecule has 1 aromatic heterocycles. The number of benzene rings is 1. The summed E-state index contributed by atoms with van der Waals surface area (Å²) >= 11 is 0. The van der Waals surface area contributed by atoms with E-state index in [2.05, 4.69) is 57.1 Å². The fourth-order valence-corrected chi connectivity index (χ4v) is 2.77. The molecule has 5 heteroatoms. The van der Waals surface area contributed by atoms with Gasteiger partial charge in [-0.05, 0) is 24.8 Å². The predicted octanol–water partition coefficient (Wildman–Crippen LogP) is 3.50. The van der Waals surface area contributed by atoms with E-state index in [0.29, 0.717) is 12.5 Å². The molecule has 0 aliphatic carbocycles. The molecule has 1 heterocycles. The molecule has 0 fully saturated rings. The molecule has 0 amide bonds. The standard InChI is InChI=1S/C20H31N5/c1-2-3-4-8-13-23-20(21)24-17-19-22-14-16-25(19)15-9-12-18-10-6-5-7-11-18/h5-7,10-11,14,16H,2-4,8-9,12-13,15,17H2,1H3,(H3,21,23,24). The molecule has 0 aliphatic rings. The van der Waals surface area contributed by atoms with Gasteiger partial charge in [0.15, 0.2) is 5.96 Å². The Labute approximate surface area is 151 Å². The summed E-state index contributed by atoms with van der Waals surface area (Å²) in [4.78, 5) is 8.82. The molecule has 0 aliphatic heterocycles.